The maximum atomic E-state index is 9.80. The summed E-state index contributed by atoms with van der Waals surface area (Å²) < 4.78 is 5.22. The first kappa shape index (κ1) is 18.9. The molecule has 0 bridgehead atoms. The monoisotopic (exact) mass is 376 g/mol. The Bertz CT molecular complexity index is 886. The first-order valence-corrected chi connectivity index (χ1v) is 9.25. The summed E-state index contributed by atoms with van der Waals surface area (Å²) in [5, 5.41) is 10.5. The SMILES string of the molecule is COc1ccc(C(C#N)CC(Cc2cccnc2)c2ccc(Cl)cc2)cc1. The number of ether oxygens (including phenoxy) is 1. The van der Waals surface area contributed by atoms with E-state index in [0.29, 0.717) is 5.02 Å². The second kappa shape index (κ2) is 9.21. The van der Waals surface area contributed by atoms with Crippen molar-refractivity contribution >= 4 is 11.6 Å². The molecule has 3 nitrogen and oxygen atoms in total. The Balaban J connectivity index is 1.86. The van der Waals surface area contributed by atoms with Crippen molar-refractivity contribution in [2.24, 2.45) is 0 Å². The minimum absolute atomic E-state index is 0.193. The molecule has 0 aliphatic carbocycles. The lowest BCUT2D eigenvalue weighted by Gasteiger charge is -2.21. The maximum Gasteiger partial charge on any atom is 0.118 e. The van der Waals surface area contributed by atoms with E-state index in [2.05, 4.69) is 17.1 Å². The largest absolute Gasteiger partial charge is 0.497 e. The van der Waals surface area contributed by atoms with Crippen LogP contribution in [0.5, 0.6) is 5.75 Å². The van der Waals surface area contributed by atoms with Crippen LogP contribution in [0, 0.1) is 11.3 Å². The van der Waals surface area contributed by atoms with Crippen LogP contribution < -0.4 is 4.74 Å². The minimum atomic E-state index is -0.201. The molecular weight excluding hydrogens is 356 g/mol. The van der Waals surface area contributed by atoms with E-state index in [0.717, 1.165) is 29.7 Å². The predicted molar refractivity (Wildman–Crippen MR) is 108 cm³/mol. The van der Waals surface area contributed by atoms with Crippen molar-refractivity contribution in [2.45, 2.75) is 24.7 Å². The third-order valence-corrected chi connectivity index (χ3v) is 4.99. The highest BCUT2D eigenvalue weighted by Crippen LogP contribution is 2.33. The number of nitriles is 1. The van der Waals surface area contributed by atoms with Gasteiger partial charge in [0.25, 0.3) is 0 Å². The molecule has 3 aromatic rings. The average molecular weight is 377 g/mol. The van der Waals surface area contributed by atoms with E-state index in [1.807, 2.05) is 60.8 Å². The van der Waals surface area contributed by atoms with Gasteiger partial charge in [-0.15, -0.1) is 0 Å². The van der Waals surface area contributed by atoms with Gasteiger partial charge < -0.3 is 4.74 Å². The van der Waals surface area contributed by atoms with Gasteiger partial charge in [0.15, 0.2) is 0 Å². The number of methoxy groups -OCH3 is 1. The van der Waals surface area contributed by atoms with Gasteiger partial charge in [0, 0.05) is 17.4 Å². The summed E-state index contributed by atoms with van der Waals surface area (Å²) >= 11 is 6.06. The molecule has 0 saturated heterocycles. The number of halogens is 1. The van der Waals surface area contributed by atoms with E-state index >= 15 is 0 Å². The van der Waals surface area contributed by atoms with Gasteiger partial charge in [0.05, 0.1) is 19.1 Å². The molecule has 4 heteroatoms. The van der Waals surface area contributed by atoms with Gasteiger partial charge in [0.1, 0.15) is 5.75 Å². The second-order valence-corrected chi connectivity index (χ2v) is 6.94. The van der Waals surface area contributed by atoms with Crippen molar-refractivity contribution in [2.75, 3.05) is 7.11 Å². The topological polar surface area (TPSA) is 45.9 Å². The highest BCUT2D eigenvalue weighted by molar-refractivity contribution is 6.30. The lowest BCUT2D eigenvalue weighted by molar-refractivity contribution is 0.414. The highest BCUT2D eigenvalue weighted by atomic mass is 35.5. The summed E-state index contributed by atoms with van der Waals surface area (Å²) in [6, 6.07) is 22.1. The Hall–Kier alpha value is -2.83. The molecule has 2 aromatic carbocycles. The summed E-state index contributed by atoms with van der Waals surface area (Å²) in [4.78, 5) is 4.22. The minimum Gasteiger partial charge on any atom is -0.497 e. The van der Waals surface area contributed by atoms with Crippen molar-refractivity contribution in [3.63, 3.8) is 0 Å². The Kier molecular flexibility index (Phi) is 6.46. The van der Waals surface area contributed by atoms with Crippen LogP contribution >= 0.6 is 11.6 Å². The fourth-order valence-electron chi connectivity index (χ4n) is 3.26. The molecule has 0 saturated carbocycles. The van der Waals surface area contributed by atoms with Crippen LogP contribution in [-0.4, -0.2) is 12.1 Å². The van der Waals surface area contributed by atoms with Crippen molar-refractivity contribution in [3.05, 3.63) is 94.8 Å². The molecule has 0 fully saturated rings. The smallest absolute Gasteiger partial charge is 0.118 e. The van der Waals surface area contributed by atoms with E-state index in [9.17, 15) is 5.26 Å². The van der Waals surface area contributed by atoms with Gasteiger partial charge in [-0.25, -0.2) is 0 Å². The number of hydrogen-bond acceptors (Lipinski definition) is 3. The molecule has 0 aliphatic heterocycles. The van der Waals surface area contributed by atoms with Crippen LogP contribution in [0.1, 0.15) is 34.9 Å². The highest BCUT2D eigenvalue weighted by Gasteiger charge is 2.20. The lowest BCUT2D eigenvalue weighted by atomic mass is 9.82. The molecule has 0 radical (unpaired) electrons. The molecule has 0 amide bonds. The summed E-state index contributed by atoms with van der Waals surface area (Å²) in [6.45, 7) is 0. The van der Waals surface area contributed by atoms with Crippen LogP contribution in [-0.2, 0) is 6.42 Å². The Morgan fingerprint density at radius 1 is 1.04 bits per heavy atom. The van der Waals surface area contributed by atoms with Crippen molar-refractivity contribution < 1.29 is 4.74 Å². The lowest BCUT2D eigenvalue weighted by Crippen LogP contribution is -2.09. The van der Waals surface area contributed by atoms with Crippen LogP contribution in [0.15, 0.2) is 73.1 Å². The van der Waals surface area contributed by atoms with E-state index in [4.69, 9.17) is 16.3 Å². The molecule has 136 valence electrons. The Morgan fingerprint density at radius 3 is 2.33 bits per heavy atom. The molecule has 1 heterocycles. The van der Waals surface area contributed by atoms with Crippen molar-refractivity contribution in [1.82, 2.24) is 4.98 Å². The fraction of sp³-hybridized carbons (Fsp3) is 0.217. The standard InChI is InChI=1S/C23H21ClN2O/c1-27-23-10-6-19(7-11-23)21(15-25)14-20(13-17-3-2-12-26-16-17)18-4-8-22(24)9-5-18/h2-12,16,20-21H,13-14H2,1H3. The first-order chi connectivity index (χ1) is 13.2. The zero-order valence-corrected chi connectivity index (χ0v) is 15.9. The number of hydrogen-bond donors (Lipinski definition) is 0. The van der Waals surface area contributed by atoms with Crippen LogP contribution in [0.2, 0.25) is 5.02 Å². The van der Waals surface area contributed by atoms with E-state index in [1.54, 1.807) is 13.3 Å². The molecule has 0 spiro atoms. The summed E-state index contributed by atoms with van der Waals surface area (Å²) in [5.41, 5.74) is 3.34. The molecule has 2 unspecified atom stereocenters. The normalized spacial score (nSPS) is 12.8. The summed E-state index contributed by atoms with van der Waals surface area (Å²) in [7, 11) is 1.64. The van der Waals surface area contributed by atoms with Crippen LogP contribution in [0.4, 0.5) is 0 Å². The number of nitrogens with zero attached hydrogens (tertiary/aromatic N) is 2. The Morgan fingerprint density at radius 2 is 1.74 bits per heavy atom. The zero-order valence-electron chi connectivity index (χ0n) is 15.2. The molecule has 27 heavy (non-hydrogen) atoms. The maximum absolute atomic E-state index is 9.80. The van der Waals surface area contributed by atoms with Crippen LogP contribution in [0.3, 0.4) is 0 Å². The van der Waals surface area contributed by atoms with Crippen molar-refractivity contribution in [1.29, 1.82) is 5.26 Å². The second-order valence-electron chi connectivity index (χ2n) is 6.50. The molecular formula is C23H21ClN2O. The Labute approximate surface area is 165 Å². The molecule has 2 atom stereocenters. The predicted octanol–water partition coefficient (Wildman–Crippen LogP) is 5.77. The van der Waals surface area contributed by atoms with E-state index in [-0.39, 0.29) is 11.8 Å². The number of benzene rings is 2. The number of aromatic nitrogens is 1. The van der Waals surface area contributed by atoms with E-state index < -0.39 is 0 Å². The van der Waals surface area contributed by atoms with E-state index in [1.165, 1.54) is 5.56 Å². The molecule has 1 aromatic heterocycles. The third-order valence-electron chi connectivity index (χ3n) is 4.74. The van der Waals surface area contributed by atoms with Gasteiger partial charge in [-0.2, -0.15) is 5.26 Å². The third kappa shape index (κ3) is 5.09. The van der Waals surface area contributed by atoms with Crippen molar-refractivity contribution in [3.8, 4) is 11.8 Å². The van der Waals surface area contributed by atoms with Gasteiger partial charge in [0.2, 0.25) is 0 Å². The molecule has 0 N–H and O–H groups in total. The summed E-state index contributed by atoms with van der Waals surface area (Å²) in [5.74, 6) is 0.784. The quantitative estimate of drug-likeness (QED) is 0.526. The van der Waals surface area contributed by atoms with Gasteiger partial charge in [-0.1, -0.05) is 41.9 Å². The number of pyridine rings is 1. The van der Waals surface area contributed by atoms with Gasteiger partial charge in [-0.3, -0.25) is 4.98 Å². The fourth-order valence-corrected chi connectivity index (χ4v) is 3.39. The first-order valence-electron chi connectivity index (χ1n) is 8.87. The molecule has 3 rings (SSSR count). The number of rotatable bonds is 7. The molecule has 0 aliphatic rings. The average Bonchev–Trinajstić information content (AvgIpc) is 2.72. The zero-order chi connectivity index (χ0) is 19.1. The summed E-state index contributed by atoms with van der Waals surface area (Å²) in [6.07, 6.45) is 5.21. The van der Waals surface area contributed by atoms with Gasteiger partial charge in [-0.05, 0) is 65.8 Å². The van der Waals surface area contributed by atoms with Gasteiger partial charge >= 0.3 is 0 Å². The van der Waals surface area contributed by atoms with Crippen LogP contribution in [0.25, 0.3) is 0 Å².